The van der Waals surface area contributed by atoms with Gasteiger partial charge in [-0.3, -0.25) is 9.69 Å². The summed E-state index contributed by atoms with van der Waals surface area (Å²) in [6.07, 6.45) is 0. The van der Waals surface area contributed by atoms with E-state index in [0.717, 1.165) is 39.3 Å². The Morgan fingerprint density at radius 3 is 2.41 bits per heavy atom. The Bertz CT molecular complexity index is 266. The predicted octanol–water partition coefficient (Wildman–Crippen LogP) is -0.961. The number of piperazine rings is 1. The van der Waals surface area contributed by atoms with E-state index in [-0.39, 0.29) is 11.9 Å². The Hall–Kier alpha value is -0.650. The molecule has 2 saturated heterocycles. The Labute approximate surface area is 104 Å². The number of amides is 1. The zero-order chi connectivity index (χ0) is 12.4. The number of hydrogen-bond acceptors (Lipinski definition) is 4. The number of carbonyl (C=O) groups is 1. The number of carbonyl (C=O) groups excluding carboxylic acids is 1. The summed E-state index contributed by atoms with van der Waals surface area (Å²) in [5.74, 6) is 0.773. The molecule has 2 fully saturated rings. The van der Waals surface area contributed by atoms with Gasteiger partial charge in [0.05, 0.1) is 6.54 Å². The molecule has 98 valence electrons. The average Bonchev–Trinajstić information content (AvgIpc) is 2.58. The molecule has 2 atom stereocenters. The van der Waals surface area contributed by atoms with Gasteiger partial charge in [0, 0.05) is 45.3 Å². The summed E-state index contributed by atoms with van der Waals surface area (Å²) in [6.45, 7) is 8.23. The van der Waals surface area contributed by atoms with Crippen molar-refractivity contribution >= 4 is 5.91 Å². The molecule has 0 saturated carbocycles. The van der Waals surface area contributed by atoms with Crippen molar-refractivity contribution in [1.29, 1.82) is 0 Å². The van der Waals surface area contributed by atoms with Gasteiger partial charge in [0.2, 0.25) is 5.91 Å². The highest BCUT2D eigenvalue weighted by molar-refractivity contribution is 5.78. The molecule has 0 radical (unpaired) electrons. The van der Waals surface area contributed by atoms with Crippen molar-refractivity contribution in [1.82, 2.24) is 14.7 Å². The lowest BCUT2D eigenvalue weighted by Gasteiger charge is -2.33. The van der Waals surface area contributed by atoms with Gasteiger partial charge in [0.25, 0.3) is 0 Å². The van der Waals surface area contributed by atoms with E-state index in [1.807, 2.05) is 4.90 Å². The minimum Gasteiger partial charge on any atom is -0.339 e. The lowest BCUT2D eigenvalue weighted by atomic mass is 10.1. The number of likely N-dealkylation sites (N-methyl/N-ethyl adjacent to an activating group) is 1. The van der Waals surface area contributed by atoms with E-state index >= 15 is 0 Å². The molecule has 2 unspecified atom stereocenters. The molecule has 1 amide bonds. The number of nitrogens with zero attached hydrogens (tertiary/aromatic N) is 3. The zero-order valence-corrected chi connectivity index (χ0v) is 10.9. The second kappa shape index (κ2) is 5.33. The van der Waals surface area contributed by atoms with Gasteiger partial charge in [-0.05, 0) is 13.0 Å². The molecule has 0 aliphatic carbocycles. The highest BCUT2D eigenvalue weighted by atomic mass is 16.2. The first-order valence-corrected chi connectivity index (χ1v) is 6.50. The molecule has 0 aromatic heterocycles. The summed E-state index contributed by atoms with van der Waals surface area (Å²) in [7, 11) is 2.10. The van der Waals surface area contributed by atoms with Crippen LogP contribution < -0.4 is 5.73 Å². The summed E-state index contributed by atoms with van der Waals surface area (Å²) in [5.41, 5.74) is 5.97. The Morgan fingerprint density at radius 1 is 1.24 bits per heavy atom. The second-order valence-corrected chi connectivity index (χ2v) is 5.52. The third-order valence-electron chi connectivity index (χ3n) is 3.96. The monoisotopic (exact) mass is 240 g/mol. The summed E-state index contributed by atoms with van der Waals surface area (Å²) >= 11 is 0. The topological polar surface area (TPSA) is 52.8 Å². The van der Waals surface area contributed by atoms with Crippen LogP contribution in [-0.4, -0.2) is 79.5 Å². The van der Waals surface area contributed by atoms with Crippen molar-refractivity contribution in [2.45, 2.75) is 13.0 Å². The third-order valence-corrected chi connectivity index (χ3v) is 3.96. The predicted molar refractivity (Wildman–Crippen MR) is 67.7 cm³/mol. The van der Waals surface area contributed by atoms with E-state index in [9.17, 15) is 4.79 Å². The number of likely N-dealkylation sites (tertiary alicyclic amines) is 1. The summed E-state index contributed by atoms with van der Waals surface area (Å²) in [5, 5.41) is 0. The van der Waals surface area contributed by atoms with Crippen molar-refractivity contribution in [3.05, 3.63) is 0 Å². The second-order valence-electron chi connectivity index (χ2n) is 5.52. The summed E-state index contributed by atoms with van der Waals surface area (Å²) < 4.78 is 0. The highest BCUT2D eigenvalue weighted by Crippen LogP contribution is 2.14. The normalized spacial score (nSPS) is 32.1. The van der Waals surface area contributed by atoms with Crippen LogP contribution in [0, 0.1) is 5.92 Å². The fourth-order valence-corrected chi connectivity index (χ4v) is 2.57. The van der Waals surface area contributed by atoms with Crippen LogP contribution in [0.25, 0.3) is 0 Å². The van der Waals surface area contributed by atoms with Crippen LogP contribution in [0.2, 0.25) is 0 Å². The maximum absolute atomic E-state index is 12.1. The van der Waals surface area contributed by atoms with Gasteiger partial charge >= 0.3 is 0 Å². The molecule has 0 spiro atoms. The molecule has 17 heavy (non-hydrogen) atoms. The first-order valence-electron chi connectivity index (χ1n) is 6.50. The van der Waals surface area contributed by atoms with E-state index in [2.05, 4.69) is 23.8 Å². The maximum Gasteiger partial charge on any atom is 0.236 e. The van der Waals surface area contributed by atoms with Crippen LogP contribution >= 0.6 is 0 Å². The van der Waals surface area contributed by atoms with E-state index in [4.69, 9.17) is 5.73 Å². The quantitative estimate of drug-likeness (QED) is 0.675. The van der Waals surface area contributed by atoms with E-state index in [1.165, 1.54) is 0 Å². The van der Waals surface area contributed by atoms with Crippen molar-refractivity contribution in [2.75, 3.05) is 52.9 Å². The smallest absolute Gasteiger partial charge is 0.236 e. The highest BCUT2D eigenvalue weighted by Gasteiger charge is 2.29. The number of nitrogens with two attached hydrogens (primary N) is 1. The molecule has 5 nitrogen and oxygen atoms in total. The SMILES string of the molecule is CC1CN(CC(=O)N2CCN(C)CC2)CC1N. The Morgan fingerprint density at radius 2 is 1.88 bits per heavy atom. The van der Waals surface area contributed by atoms with Crippen molar-refractivity contribution < 1.29 is 4.79 Å². The molecule has 0 aromatic rings. The lowest BCUT2D eigenvalue weighted by Crippen LogP contribution is -2.50. The van der Waals surface area contributed by atoms with Crippen molar-refractivity contribution in [3.8, 4) is 0 Å². The van der Waals surface area contributed by atoms with Gasteiger partial charge in [-0.15, -0.1) is 0 Å². The van der Waals surface area contributed by atoms with Crippen LogP contribution in [0.5, 0.6) is 0 Å². The lowest BCUT2D eigenvalue weighted by molar-refractivity contribution is -0.133. The van der Waals surface area contributed by atoms with Gasteiger partial charge in [0.1, 0.15) is 0 Å². The van der Waals surface area contributed by atoms with E-state index in [1.54, 1.807) is 0 Å². The minimum atomic E-state index is 0.232. The summed E-state index contributed by atoms with van der Waals surface area (Å²) in [6, 6.07) is 0.232. The molecular weight excluding hydrogens is 216 g/mol. The van der Waals surface area contributed by atoms with Gasteiger partial charge in [-0.2, -0.15) is 0 Å². The fraction of sp³-hybridized carbons (Fsp3) is 0.917. The summed E-state index contributed by atoms with van der Waals surface area (Å²) in [4.78, 5) is 18.5. The van der Waals surface area contributed by atoms with Gasteiger partial charge < -0.3 is 15.5 Å². The van der Waals surface area contributed by atoms with Gasteiger partial charge in [0.15, 0.2) is 0 Å². The fourth-order valence-electron chi connectivity index (χ4n) is 2.57. The van der Waals surface area contributed by atoms with Crippen LogP contribution in [0.1, 0.15) is 6.92 Å². The molecule has 5 heteroatoms. The van der Waals surface area contributed by atoms with Gasteiger partial charge in [-0.25, -0.2) is 0 Å². The first kappa shape index (κ1) is 12.8. The average molecular weight is 240 g/mol. The number of hydrogen-bond donors (Lipinski definition) is 1. The molecule has 2 heterocycles. The zero-order valence-electron chi connectivity index (χ0n) is 10.9. The maximum atomic E-state index is 12.1. The van der Waals surface area contributed by atoms with E-state index in [0.29, 0.717) is 12.5 Å². The molecule has 2 N–H and O–H groups in total. The Balaban J connectivity index is 1.78. The molecule has 2 aliphatic rings. The molecular formula is C12H24N4O. The molecule has 2 aliphatic heterocycles. The number of rotatable bonds is 2. The van der Waals surface area contributed by atoms with E-state index < -0.39 is 0 Å². The minimum absolute atomic E-state index is 0.232. The standard InChI is InChI=1S/C12H24N4O/c1-10-7-15(8-11(10)13)9-12(17)16-5-3-14(2)4-6-16/h10-11H,3-9,13H2,1-2H3. The van der Waals surface area contributed by atoms with Crippen LogP contribution in [0.15, 0.2) is 0 Å². The van der Waals surface area contributed by atoms with Crippen molar-refractivity contribution in [2.24, 2.45) is 11.7 Å². The third kappa shape index (κ3) is 3.18. The van der Waals surface area contributed by atoms with Gasteiger partial charge in [-0.1, -0.05) is 6.92 Å². The molecule has 0 aromatic carbocycles. The first-order chi connectivity index (χ1) is 8.06. The Kier molecular flexibility index (Phi) is 4.01. The van der Waals surface area contributed by atoms with Crippen LogP contribution in [-0.2, 0) is 4.79 Å². The molecule has 0 bridgehead atoms. The van der Waals surface area contributed by atoms with Crippen LogP contribution in [0.3, 0.4) is 0 Å². The van der Waals surface area contributed by atoms with Crippen molar-refractivity contribution in [3.63, 3.8) is 0 Å². The van der Waals surface area contributed by atoms with Crippen LogP contribution in [0.4, 0.5) is 0 Å². The largest absolute Gasteiger partial charge is 0.339 e. The molecule has 2 rings (SSSR count).